The highest BCUT2D eigenvalue weighted by Crippen LogP contribution is 2.41. The van der Waals surface area contributed by atoms with Crippen LogP contribution in [0, 0.1) is 17.2 Å². The standard InChI is InChI=1S/C19H16ClFN2O2/c1-2-14-12-23(18(24)19(14,20)21)15-7-5-8-16(10-15)25-17-9-4-3-6-13(17)11-22/h3-10,14H,2,12H2,1H3. The first-order valence-electron chi connectivity index (χ1n) is 7.94. The predicted molar refractivity (Wildman–Crippen MR) is 93.5 cm³/mol. The monoisotopic (exact) mass is 358 g/mol. The van der Waals surface area contributed by atoms with E-state index in [9.17, 15) is 9.18 Å². The second kappa shape index (κ2) is 6.73. The van der Waals surface area contributed by atoms with E-state index in [4.69, 9.17) is 21.6 Å². The Morgan fingerprint density at radius 2 is 2.12 bits per heavy atom. The molecule has 4 nitrogen and oxygen atoms in total. The van der Waals surface area contributed by atoms with E-state index in [2.05, 4.69) is 6.07 Å². The van der Waals surface area contributed by atoms with Crippen molar-refractivity contribution in [2.45, 2.75) is 18.5 Å². The minimum atomic E-state index is -2.38. The molecule has 0 saturated carbocycles. The third-order valence-corrected chi connectivity index (χ3v) is 4.77. The van der Waals surface area contributed by atoms with Crippen LogP contribution in [0.4, 0.5) is 10.1 Å². The van der Waals surface area contributed by atoms with E-state index in [-0.39, 0.29) is 6.54 Å². The van der Waals surface area contributed by atoms with Gasteiger partial charge < -0.3 is 9.64 Å². The molecule has 0 N–H and O–H groups in total. The fourth-order valence-electron chi connectivity index (χ4n) is 2.87. The van der Waals surface area contributed by atoms with E-state index >= 15 is 0 Å². The maximum absolute atomic E-state index is 14.5. The van der Waals surface area contributed by atoms with Crippen molar-refractivity contribution < 1.29 is 13.9 Å². The summed E-state index contributed by atoms with van der Waals surface area (Å²) in [7, 11) is 0. The fourth-order valence-corrected chi connectivity index (χ4v) is 3.20. The minimum absolute atomic E-state index is 0.216. The molecule has 128 valence electrons. The van der Waals surface area contributed by atoms with Gasteiger partial charge in [-0.05, 0) is 30.7 Å². The molecular weight excluding hydrogens is 343 g/mol. The van der Waals surface area contributed by atoms with Gasteiger partial charge in [0.1, 0.15) is 17.6 Å². The van der Waals surface area contributed by atoms with Crippen molar-refractivity contribution >= 4 is 23.2 Å². The maximum atomic E-state index is 14.5. The van der Waals surface area contributed by atoms with Gasteiger partial charge in [-0.2, -0.15) is 5.26 Å². The first kappa shape index (κ1) is 17.2. The van der Waals surface area contributed by atoms with Crippen molar-refractivity contribution in [2.24, 2.45) is 5.92 Å². The van der Waals surface area contributed by atoms with Crippen LogP contribution in [0.15, 0.2) is 48.5 Å². The molecule has 0 bridgehead atoms. The number of anilines is 1. The quantitative estimate of drug-likeness (QED) is 0.749. The van der Waals surface area contributed by atoms with Crippen LogP contribution < -0.4 is 9.64 Å². The number of benzene rings is 2. The number of alkyl halides is 2. The summed E-state index contributed by atoms with van der Waals surface area (Å²) >= 11 is 5.81. The van der Waals surface area contributed by atoms with Crippen LogP contribution in [0.1, 0.15) is 18.9 Å². The molecule has 2 aromatic carbocycles. The molecule has 1 fully saturated rings. The Bertz CT molecular complexity index is 847. The normalized spacial score (nSPS) is 22.7. The molecule has 1 amide bonds. The molecule has 0 aromatic heterocycles. The molecule has 25 heavy (non-hydrogen) atoms. The van der Waals surface area contributed by atoms with Crippen molar-refractivity contribution in [2.75, 3.05) is 11.4 Å². The molecule has 0 aliphatic carbocycles. The molecule has 3 rings (SSSR count). The lowest BCUT2D eigenvalue weighted by Crippen LogP contribution is -2.34. The van der Waals surface area contributed by atoms with Crippen molar-refractivity contribution in [3.63, 3.8) is 0 Å². The molecule has 1 aliphatic rings. The molecule has 2 atom stereocenters. The summed E-state index contributed by atoms with van der Waals surface area (Å²) in [6.45, 7) is 2.02. The number of nitriles is 1. The largest absolute Gasteiger partial charge is 0.456 e. The Morgan fingerprint density at radius 3 is 2.80 bits per heavy atom. The van der Waals surface area contributed by atoms with Crippen molar-refractivity contribution in [1.82, 2.24) is 0 Å². The highest BCUT2D eigenvalue weighted by molar-refractivity contribution is 6.36. The van der Waals surface area contributed by atoms with Crippen LogP contribution in [0.5, 0.6) is 11.5 Å². The summed E-state index contributed by atoms with van der Waals surface area (Å²) in [4.78, 5) is 13.6. The van der Waals surface area contributed by atoms with Gasteiger partial charge in [0, 0.05) is 24.2 Å². The third-order valence-electron chi connectivity index (χ3n) is 4.30. The number of hydrogen-bond donors (Lipinski definition) is 0. The van der Waals surface area contributed by atoms with E-state index in [1.54, 1.807) is 55.5 Å². The molecule has 0 radical (unpaired) electrons. The van der Waals surface area contributed by atoms with Crippen LogP contribution in [-0.2, 0) is 4.79 Å². The lowest BCUT2D eigenvalue weighted by atomic mass is 10.0. The van der Waals surface area contributed by atoms with Crippen LogP contribution in [-0.4, -0.2) is 17.6 Å². The van der Waals surface area contributed by atoms with Crippen molar-refractivity contribution in [1.29, 1.82) is 5.26 Å². The highest BCUT2D eigenvalue weighted by Gasteiger charge is 2.53. The fraction of sp³-hybridized carbons (Fsp3) is 0.263. The Morgan fingerprint density at radius 1 is 1.36 bits per heavy atom. The van der Waals surface area contributed by atoms with Crippen molar-refractivity contribution in [3.8, 4) is 17.6 Å². The van der Waals surface area contributed by atoms with Gasteiger partial charge in [0.05, 0.1) is 5.56 Å². The lowest BCUT2D eigenvalue weighted by molar-refractivity contribution is -0.124. The van der Waals surface area contributed by atoms with Crippen molar-refractivity contribution in [3.05, 3.63) is 54.1 Å². The average Bonchev–Trinajstić information content (AvgIpc) is 2.85. The molecule has 0 spiro atoms. The first-order chi connectivity index (χ1) is 12.0. The Kier molecular flexibility index (Phi) is 4.65. The number of para-hydroxylation sites is 1. The second-order valence-electron chi connectivity index (χ2n) is 5.85. The Hall–Kier alpha value is -2.58. The first-order valence-corrected chi connectivity index (χ1v) is 8.32. The number of rotatable bonds is 4. The SMILES string of the molecule is CCC1CN(c2cccc(Oc3ccccc3C#N)c2)C(=O)C1(F)Cl. The number of carbonyl (C=O) groups is 1. The van der Waals surface area contributed by atoms with E-state index < -0.39 is 17.0 Å². The summed E-state index contributed by atoms with van der Waals surface area (Å²) in [6.07, 6.45) is 0.466. The van der Waals surface area contributed by atoms with Gasteiger partial charge >= 0.3 is 0 Å². The third kappa shape index (κ3) is 3.18. The molecule has 2 aromatic rings. The number of ether oxygens (including phenoxy) is 1. The molecule has 6 heteroatoms. The van der Waals surface area contributed by atoms with Gasteiger partial charge in [0.25, 0.3) is 11.0 Å². The van der Waals surface area contributed by atoms with Gasteiger partial charge in [-0.25, -0.2) is 4.39 Å². The number of carbonyl (C=O) groups excluding carboxylic acids is 1. The van der Waals surface area contributed by atoms with E-state index in [1.165, 1.54) is 4.90 Å². The zero-order chi connectivity index (χ0) is 18.0. The molecular formula is C19H16ClFN2O2. The predicted octanol–water partition coefficient (Wildman–Crippen LogP) is 4.63. The summed E-state index contributed by atoms with van der Waals surface area (Å²) in [6, 6.07) is 15.7. The zero-order valence-corrected chi connectivity index (χ0v) is 14.3. The summed E-state index contributed by atoms with van der Waals surface area (Å²) in [5.74, 6) is -0.452. The number of nitrogens with zero attached hydrogens (tertiary/aromatic N) is 2. The van der Waals surface area contributed by atoms with Crippen LogP contribution in [0.3, 0.4) is 0 Å². The van der Waals surface area contributed by atoms with Gasteiger partial charge in [0.15, 0.2) is 0 Å². The zero-order valence-electron chi connectivity index (χ0n) is 13.6. The summed E-state index contributed by atoms with van der Waals surface area (Å²) < 4.78 is 20.2. The molecule has 1 aliphatic heterocycles. The highest BCUT2D eigenvalue weighted by atomic mass is 35.5. The lowest BCUT2D eigenvalue weighted by Gasteiger charge is -2.17. The van der Waals surface area contributed by atoms with E-state index in [1.807, 2.05) is 0 Å². The van der Waals surface area contributed by atoms with Gasteiger partial charge in [-0.1, -0.05) is 36.7 Å². The minimum Gasteiger partial charge on any atom is -0.456 e. The van der Waals surface area contributed by atoms with Gasteiger partial charge in [0.2, 0.25) is 0 Å². The molecule has 2 unspecified atom stereocenters. The topological polar surface area (TPSA) is 53.3 Å². The number of hydrogen-bond acceptors (Lipinski definition) is 3. The number of amides is 1. The average molecular weight is 359 g/mol. The van der Waals surface area contributed by atoms with Gasteiger partial charge in [-0.3, -0.25) is 4.79 Å². The molecule has 1 heterocycles. The Balaban J connectivity index is 1.88. The smallest absolute Gasteiger partial charge is 0.280 e. The van der Waals surface area contributed by atoms with Crippen LogP contribution >= 0.6 is 11.6 Å². The van der Waals surface area contributed by atoms with E-state index in [0.29, 0.717) is 29.2 Å². The maximum Gasteiger partial charge on any atom is 0.280 e. The van der Waals surface area contributed by atoms with E-state index in [0.717, 1.165) is 0 Å². The summed E-state index contributed by atoms with van der Waals surface area (Å²) in [5.41, 5.74) is 0.912. The Labute approximate surface area is 150 Å². The van der Waals surface area contributed by atoms with Crippen LogP contribution in [0.2, 0.25) is 0 Å². The number of halogens is 2. The van der Waals surface area contributed by atoms with Gasteiger partial charge in [-0.15, -0.1) is 0 Å². The second-order valence-corrected chi connectivity index (χ2v) is 6.40. The summed E-state index contributed by atoms with van der Waals surface area (Å²) in [5, 5.41) is 6.76. The molecule has 1 saturated heterocycles. The van der Waals surface area contributed by atoms with Crippen LogP contribution in [0.25, 0.3) is 0 Å².